The van der Waals surface area contributed by atoms with Gasteiger partial charge in [0.15, 0.2) is 0 Å². The van der Waals surface area contributed by atoms with Crippen molar-refractivity contribution >= 4 is 15.9 Å². The second-order valence-corrected chi connectivity index (χ2v) is 6.03. The third kappa shape index (κ3) is 4.07. The summed E-state index contributed by atoms with van der Waals surface area (Å²) < 4.78 is 24.3. The van der Waals surface area contributed by atoms with Gasteiger partial charge in [0.25, 0.3) is 0 Å². The Morgan fingerprint density at radius 1 is 1.56 bits per heavy atom. The van der Waals surface area contributed by atoms with Gasteiger partial charge in [0.1, 0.15) is 0 Å². The molecule has 7 heteroatoms. The Kier molecular flexibility index (Phi) is 4.28. The molecule has 1 aliphatic heterocycles. The summed E-state index contributed by atoms with van der Waals surface area (Å²) in [7, 11) is -3.33. The Balaban J connectivity index is 2.56. The van der Waals surface area contributed by atoms with Crippen molar-refractivity contribution in [2.75, 3.05) is 25.9 Å². The number of sulfonamides is 1. The van der Waals surface area contributed by atoms with Gasteiger partial charge in [-0.1, -0.05) is 0 Å². The van der Waals surface area contributed by atoms with E-state index in [9.17, 15) is 13.2 Å². The lowest BCUT2D eigenvalue weighted by atomic mass is 10.2. The first-order valence-electron chi connectivity index (χ1n) is 5.29. The van der Waals surface area contributed by atoms with Crippen LogP contribution in [-0.2, 0) is 14.8 Å². The number of piperazine rings is 1. The van der Waals surface area contributed by atoms with Crippen LogP contribution >= 0.6 is 0 Å². The largest absolute Gasteiger partial charge is 0.338 e. The number of nitrogens with one attached hydrogen (secondary N) is 2. The van der Waals surface area contributed by atoms with Crippen LogP contribution in [0.4, 0.5) is 0 Å². The molecule has 0 aliphatic carbocycles. The van der Waals surface area contributed by atoms with Gasteiger partial charge in [0.2, 0.25) is 15.9 Å². The van der Waals surface area contributed by atoms with Gasteiger partial charge < -0.3 is 10.2 Å². The molecule has 0 aromatic carbocycles. The van der Waals surface area contributed by atoms with Crippen molar-refractivity contribution in [1.82, 2.24) is 14.9 Å². The lowest BCUT2D eigenvalue weighted by Gasteiger charge is -2.33. The Bertz CT molecular complexity index is 355. The number of carbonyl (C=O) groups is 1. The monoisotopic (exact) mass is 249 g/mol. The molecule has 1 fully saturated rings. The normalized spacial score (nSPS) is 24.2. The average Bonchev–Trinajstić information content (AvgIpc) is 2.14. The van der Waals surface area contributed by atoms with E-state index in [4.69, 9.17) is 0 Å². The van der Waals surface area contributed by atoms with Crippen molar-refractivity contribution in [2.45, 2.75) is 25.9 Å². The fourth-order valence-corrected chi connectivity index (χ4v) is 2.52. The van der Waals surface area contributed by atoms with E-state index in [0.717, 1.165) is 12.8 Å². The summed E-state index contributed by atoms with van der Waals surface area (Å²) in [5.41, 5.74) is 0. The molecule has 1 aliphatic rings. The topological polar surface area (TPSA) is 78.5 Å². The Labute approximate surface area is 96.4 Å². The van der Waals surface area contributed by atoms with Crippen LogP contribution in [-0.4, -0.2) is 57.2 Å². The minimum atomic E-state index is -3.33. The van der Waals surface area contributed by atoms with Gasteiger partial charge in [-0.15, -0.1) is 0 Å². The number of carbonyl (C=O) groups excluding carboxylic acids is 1. The highest BCUT2D eigenvalue weighted by Crippen LogP contribution is 2.02. The highest BCUT2D eigenvalue weighted by Gasteiger charge is 2.26. The van der Waals surface area contributed by atoms with Gasteiger partial charge in [0, 0.05) is 25.7 Å². The van der Waals surface area contributed by atoms with Gasteiger partial charge in [-0.3, -0.25) is 4.79 Å². The number of nitrogens with zero attached hydrogens (tertiary/aromatic N) is 1. The highest BCUT2D eigenvalue weighted by molar-refractivity contribution is 7.88. The van der Waals surface area contributed by atoms with Crippen LogP contribution in [0.2, 0.25) is 0 Å². The van der Waals surface area contributed by atoms with Crippen molar-refractivity contribution in [2.24, 2.45) is 0 Å². The third-order valence-electron chi connectivity index (χ3n) is 2.44. The van der Waals surface area contributed by atoms with E-state index in [-0.39, 0.29) is 11.9 Å². The number of hydrogen-bond acceptors (Lipinski definition) is 4. The molecule has 1 amide bonds. The molecule has 1 rings (SSSR count). The zero-order chi connectivity index (χ0) is 12.3. The molecule has 0 saturated carbocycles. The fourth-order valence-electron chi connectivity index (χ4n) is 1.78. The lowest BCUT2D eigenvalue weighted by Crippen LogP contribution is -2.55. The first-order chi connectivity index (χ1) is 7.29. The highest BCUT2D eigenvalue weighted by atomic mass is 32.2. The average molecular weight is 249 g/mol. The van der Waals surface area contributed by atoms with E-state index in [1.54, 1.807) is 11.8 Å². The first kappa shape index (κ1) is 13.4. The molecule has 16 heavy (non-hydrogen) atoms. The van der Waals surface area contributed by atoms with Gasteiger partial charge in [0.05, 0.1) is 12.3 Å². The van der Waals surface area contributed by atoms with Crippen LogP contribution in [0.1, 0.15) is 13.8 Å². The van der Waals surface area contributed by atoms with Crippen LogP contribution in [0.25, 0.3) is 0 Å². The van der Waals surface area contributed by atoms with Crippen LogP contribution in [0.3, 0.4) is 0 Å². The molecule has 2 unspecified atom stereocenters. The Morgan fingerprint density at radius 2 is 2.19 bits per heavy atom. The van der Waals surface area contributed by atoms with Crippen molar-refractivity contribution in [3.8, 4) is 0 Å². The minimum Gasteiger partial charge on any atom is -0.338 e. The summed E-state index contributed by atoms with van der Waals surface area (Å²) in [6.07, 6.45) is 1.05. The fraction of sp³-hybridized carbons (Fsp3) is 0.889. The van der Waals surface area contributed by atoms with E-state index in [1.165, 1.54) is 0 Å². The maximum absolute atomic E-state index is 11.9. The molecule has 6 nitrogen and oxygen atoms in total. The molecular weight excluding hydrogens is 230 g/mol. The number of hydrogen-bond donors (Lipinski definition) is 2. The zero-order valence-electron chi connectivity index (χ0n) is 9.86. The van der Waals surface area contributed by atoms with Gasteiger partial charge >= 0.3 is 0 Å². The Hall–Kier alpha value is -0.660. The van der Waals surface area contributed by atoms with E-state index in [2.05, 4.69) is 10.0 Å². The molecule has 2 N–H and O–H groups in total. The van der Waals surface area contributed by atoms with Crippen LogP contribution in [0, 0.1) is 0 Å². The molecule has 1 heterocycles. The molecule has 0 spiro atoms. The summed E-state index contributed by atoms with van der Waals surface area (Å²) in [6.45, 7) is 5.55. The number of rotatable bonds is 3. The molecule has 0 aromatic rings. The minimum absolute atomic E-state index is 0.168. The molecule has 2 atom stereocenters. The second-order valence-electron chi connectivity index (χ2n) is 4.25. The lowest BCUT2D eigenvalue weighted by molar-refractivity contribution is -0.133. The van der Waals surface area contributed by atoms with Crippen molar-refractivity contribution < 1.29 is 13.2 Å². The number of amides is 1. The summed E-state index contributed by atoms with van der Waals surface area (Å²) >= 11 is 0. The standard InChI is InChI=1S/C9H19N3O3S/c1-7-6-12(5-4-10-7)9(13)8(2)11-16(3,14)15/h7-8,10-11H,4-6H2,1-3H3. The predicted octanol–water partition coefficient (Wildman–Crippen LogP) is -1.26. The third-order valence-corrected chi connectivity index (χ3v) is 3.22. The summed E-state index contributed by atoms with van der Waals surface area (Å²) in [5, 5.41) is 3.22. The molecule has 0 aromatic heterocycles. The van der Waals surface area contributed by atoms with Gasteiger partial charge in [-0.2, -0.15) is 0 Å². The molecule has 1 saturated heterocycles. The molecular formula is C9H19N3O3S. The SMILES string of the molecule is CC1CN(C(=O)C(C)NS(C)(=O)=O)CCN1. The Morgan fingerprint density at radius 3 is 2.69 bits per heavy atom. The predicted molar refractivity (Wildman–Crippen MR) is 61.5 cm³/mol. The molecule has 0 bridgehead atoms. The van der Waals surface area contributed by atoms with E-state index in [0.29, 0.717) is 13.1 Å². The first-order valence-corrected chi connectivity index (χ1v) is 7.18. The van der Waals surface area contributed by atoms with Crippen molar-refractivity contribution in [3.63, 3.8) is 0 Å². The second kappa shape index (κ2) is 5.11. The van der Waals surface area contributed by atoms with Crippen LogP contribution in [0.15, 0.2) is 0 Å². The zero-order valence-corrected chi connectivity index (χ0v) is 10.7. The smallest absolute Gasteiger partial charge is 0.240 e. The van der Waals surface area contributed by atoms with Gasteiger partial charge in [-0.05, 0) is 13.8 Å². The van der Waals surface area contributed by atoms with Crippen molar-refractivity contribution in [1.29, 1.82) is 0 Å². The van der Waals surface area contributed by atoms with Crippen LogP contribution in [0.5, 0.6) is 0 Å². The summed E-state index contributed by atoms with van der Waals surface area (Å²) in [6, 6.07) is -0.441. The maximum Gasteiger partial charge on any atom is 0.240 e. The van der Waals surface area contributed by atoms with E-state index in [1.807, 2.05) is 6.92 Å². The van der Waals surface area contributed by atoms with E-state index >= 15 is 0 Å². The maximum atomic E-state index is 11.9. The van der Waals surface area contributed by atoms with Crippen LogP contribution < -0.4 is 10.0 Å². The summed E-state index contributed by atoms with van der Waals surface area (Å²) in [4.78, 5) is 13.6. The molecule has 94 valence electrons. The van der Waals surface area contributed by atoms with E-state index < -0.39 is 16.1 Å². The van der Waals surface area contributed by atoms with Crippen molar-refractivity contribution in [3.05, 3.63) is 0 Å². The molecule has 0 radical (unpaired) electrons. The quantitative estimate of drug-likeness (QED) is 0.655. The summed E-state index contributed by atoms with van der Waals surface area (Å²) in [5.74, 6) is -0.168. The van der Waals surface area contributed by atoms with Gasteiger partial charge in [-0.25, -0.2) is 13.1 Å².